The molecule has 3 aliphatic rings. The lowest BCUT2D eigenvalue weighted by molar-refractivity contribution is -0.332. The van der Waals surface area contributed by atoms with Crippen LogP contribution in [0.5, 0.6) is 0 Å². The third kappa shape index (κ3) is 5.51. The summed E-state index contributed by atoms with van der Waals surface area (Å²) in [5.41, 5.74) is 16.5. The van der Waals surface area contributed by atoms with Crippen molar-refractivity contribution in [2.24, 2.45) is 17.2 Å². The minimum absolute atomic E-state index is 0.217. The van der Waals surface area contributed by atoms with Gasteiger partial charge in [0, 0.05) is 18.6 Å². The smallest absolute Gasteiger partial charge is 0.186 e. The van der Waals surface area contributed by atoms with Crippen molar-refractivity contribution in [1.82, 2.24) is 5.32 Å². The fourth-order valence-electron chi connectivity index (χ4n) is 4.97. The molecule has 2 saturated heterocycles. The summed E-state index contributed by atoms with van der Waals surface area (Å²) in [5, 5.41) is 55.3. The van der Waals surface area contributed by atoms with E-state index in [1.807, 2.05) is 0 Å². The van der Waals surface area contributed by atoms with E-state index >= 15 is 0 Å². The van der Waals surface area contributed by atoms with E-state index in [0.717, 1.165) is 0 Å². The molecule has 0 aromatic carbocycles. The molecule has 0 amide bonds. The summed E-state index contributed by atoms with van der Waals surface area (Å²) in [4.78, 5) is 0. The Hall–Kier alpha value is -0.520. The third-order valence-corrected chi connectivity index (χ3v) is 7.01. The van der Waals surface area contributed by atoms with Crippen LogP contribution in [0.25, 0.3) is 0 Å². The Morgan fingerprint density at radius 2 is 1.61 bits per heavy atom. The first kappa shape index (κ1) is 27.1. The Labute approximate surface area is 193 Å². The van der Waals surface area contributed by atoms with Crippen molar-refractivity contribution in [2.75, 3.05) is 20.2 Å². The van der Waals surface area contributed by atoms with E-state index in [4.69, 9.17) is 36.1 Å². The van der Waals surface area contributed by atoms with Gasteiger partial charge in [-0.15, -0.1) is 0 Å². The summed E-state index contributed by atoms with van der Waals surface area (Å²) >= 11 is 0. The van der Waals surface area contributed by atoms with E-state index in [0.29, 0.717) is 12.8 Å². The minimum Gasteiger partial charge on any atom is -0.394 e. The molecule has 0 radical (unpaired) electrons. The Kier molecular flexibility index (Phi) is 9.05. The summed E-state index contributed by atoms with van der Waals surface area (Å²) < 4.78 is 23.1. The number of aliphatic hydroxyl groups excluding tert-OH is 4. The van der Waals surface area contributed by atoms with Crippen LogP contribution in [-0.4, -0.2) is 125 Å². The van der Waals surface area contributed by atoms with Crippen molar-refractivity contribution in [3.8, 4) is 0 Å². The third-order valence-electron chi connectivity index (χ3n) is 7.01. The average Bonchev–Trinajstić information content (AvgIpc) is 2.76. The van der Waals surface area contributed by atoms with Crippen molar-refractivity contribution in [1.29, 1.82) is 0 Å². The van der Waals surface area contributed by atoms with Gasteiger partial charge in [0.25, 0.3) is 0 Å². The summed E-state index contributed by atoms with van der Waals surface area (Å²) in [5.74, 6) is 0. The molecule has 13 nitrogen and oxygen atoms in total. The van der Waals surface area contributed by atoms with Crippen LogP contribution in [0, 0.1) is 0 Å². The van der Waals surface area contributed by atoms with E-state index in [1.165, 1.54) is 6.92 Å². The maximum absolute atomic E-state index is 11.1. The molecule has 1 aliphatic carbocycles. The first-order valence-corrected chi connectivity index (χ1v) is 11.4. The van der Waals surface area contributed by atoms with Gasteiger partial charge >= 0.3 is 0 Å². The second-order valence-electron chi connectivity index (χ2n) is 9.42. The molecule has 1 saturated carbocycles. The van der Waals surface area contributed by atoms with Crippen LogP contribution in [0.3, 0.4) is 0 Å². The summed E-state index contributed by atoms with van der Waals surface area (Å²) in [7, 11) is 1.55. The summed E-state index contributed by atoms with van der Waals surface area (Å²) in [6.45, 7) is 1.18. The number of aliphatic hydroxyl groups is 5. The highest BCUT2D eigenvalue weighted by Gasteiger charge is 2.54. The van der Waals surface area contributed by atoms with Crippen LogP contribution in [0.4, 0.5) is 0 Å². The van der Waals surface area contributed by atoms with Crippen molar-refractivity contribution in [3.05, 3.63) is 0 Å². The van der Waals surface area contributed by atoms with Gasteiger partial charge in [-0.05, 0) is 33.2 Å². The van der Waals surface area contributed by atoms with Gasteiger partial charge in [-0.3, -0.25) is 0 Å². The number of ether oxygens (including phenoxy) is 4. The molecule has 3 rings (SSSR count). The van der Waals surface area contributed by atoms with Gasteiger partial charge in [-0.2, -0.15) is 0 Å². The van der Waals surface area contributed by atoms with Gasteiger partial charge in [-0.1, -0.05) is 0 Å². The lowest BCUT2D eigenvalue weighted by atomic mass is 9.82. The first-order chi connectivity index (χ1) is 15.5. The number of nitrogens with one attached hydrogen (secondary N) is 1. The van der Waals surface area contributed by atoms with Crippen LogP contribution in [0.1, 0.15) is 26.2 Å². The van der Waals surface area contributed by atoms with Crippen LogP contribution in [-0.2, 0) is 18.9 Å². The van der Waals surface area contributed by atoms with Crippen molar-refractivity contribution in [3.63, 3.8) is 0 Å². The zero-order chi connectivity index (χ0) is 24.5. The fourth-order valence-corrected chi connectivity index (χ4v) is 4.97. The number of rotatable bonds is 7. The van der Waals surface area contributed by atoms with E-state index < -0.39 is 79.5 Å². The van der Waals surface area contributed by atoms with Gasteiger partial charge in [0.05, 0.1) is 18.8 Å². The second-order valence-corrected chi connectivity index (χ2v) is 9.42. The maximum Gasteiger partial charge on any atom is 0.186 e. The van der Waals surface area contributed by atoms with Gasteiger partial charge < -0.3 is 67.0 Å². The maximum atomic E-state index is 11.1. The summed E-state index contributed by atoms with van der Waals surface area (Å²) in [6.07, 6.45) is -8.05. The number of hydrogen-bond acceptors (Lipinski definition) is 13. The normalized spacial score (nSPS) is 51.5. The average molecular weight is 481 g/mol. The molecule has 0 unspecified atom stereocenters. The number of likely N-dealkylation sites (N-methyl/N-ethyl adjacent to an activating group) is 1. The fraction of sp³-hybridized carbons (Fsp3) is 1.00. The predicted octanol–water partition coefficient (Wildman–Crippen LogP) is -4.58. The molecule has 3 fully saturated rings. The van der Waals surface area contributed by atoms with E-state index in [-0.39, 0.29) is 19.1 Å². The summed E-state index contributed by atoms with van der Waals surface area (Å²) in [6, 6.07) is -2.28. The van der Waals surface area contributed by atoms with Gasteiger partial charge in [0.1, 0.15) is 42.2 Å². The SMILES string of the molecule is CN[C@@H]1[C@@H](O)[C@@H](O[C@H]2[C@H](O)[C@@H](O[C@H]3O[C@H](CN)CC[C@H]3O)[C@H](N)C[C@@H]2N)O[C@H](CO)[C@]1(C)O. The predicted molar refractivity (Wildman–Crippen MR) is 115 cm³/mol. The Morgan fingerprint density at radius 3 is 2.15 bits per heavy atom. The zero-order valence-electron chi connectivity index (χ0n) is 19.1. The molecule has 0 aromatic rings. The lowest BCUT2D eigenvalue weighted by Gasteiger charge is -2.50. The highest BCUT2D eigenvalue weighted by molar-refractivity contribution is 5.04. The van der Waals surface area contributed by atoms with Gasteiger partial charge in [0.15, 0.2) is 12.6 Å². The molecule has 2 aliphatic heterocycles. The lowest BCUT2D eigenvalue weighted by Crippen LogP contribution is -2.71. The largest absolute Gasteiger partial charge is 0.394 e. The van der Waals surface area contributed by atoms with Crippen LogP contribution < -0.4 is 22.5 Å². The standard InChI is InChI=1S/C20H40N4O9/c1-20(29)12(7-25)31-19(14(28)17(20)24-2)33-16-10(23)5-9(22)15(13(16)27)32-18-11(26)4-3-8(6-21)30-18/h8-19,24-29H,3-7,21-23H2,1-2H3/t8-,9+,10-,11+,12+,13+,14+,15-,16+,17+,18+,19+,20-/m0/s1. The van der Waals surface area contributed by atoms with Gasteiger partial charge in [0.2, 0.25) is 0 Å². The molecule has 13 atom stereocenters. The molecule has 0 bridgehead atoms. The minimum atomic E-state index is -1.59. The monoisotopic (exact) mass is 480 g/mol. The number of hydrogen-bond donors (Lipinski definition) is 9. The van der Waals surface area contributed by atoms with E-state index in [2.05, 4.69) is 5.32 Å². The molecule has 0 aromatic heterocycles. The van der Waals surface area contributed by atoms with Gasteiger partial charge in [-0.25, -0.2) is 0 Å². The first-order valence-electron chi connectivity index (χ1n) is 11.4. The molecule has 0 spiro atoms. The molecule has 2 heterocycles. The second kappa shape index (κ2) is 11.0. The van der Waals surface area contributed by atoms with Crippen molar-refractivity contribution >= 4 is 0 Å². The quantitative estimate of drug-likeness (QED) is 0.167. The Morgan fingerprint density at radius 1 is 1.00 bits per heavy atom. The van der Waals surface area contributed by atoms with E-state index in [1.54, 1.807) is 7.05 Å². The molecule has 194 valence electrons. The van der Waals surface area contributed by atoms with Crippen molar-refractivity contribution in [2.45, 2.75) is 105 Å². The molecule has 13 heteroatoms. The Balaban J connectivity index is 1.73. The Bertz CT molecular complexity index is 632. The number of nitrogens with two attached hydrogens (primary N) is 3. The highest BCUT2D eigenvalue weighted by Crippen LogP contribution is 2.34. The van der Waals surface area contributed by atoms with Crippen LogP contribution in [0.15, 0.2) is 0 Å². The van der Waals surface area contributed by atoms with Crippen molar-refractivity contribution < 1.29 is 44.5 Å². The highest BCUT2D eigenvalue weighted by atomic mass is 16.7. The molecule has 33 heavy (non-hydrogen) atoms. The zero-order valence-corrected chi connectivity index (χ0v) is 19.1. The van der Waals surface area contributed by atoms with Crippen LogP contribution >= 0.6 is 0 Å². The molecular formula is C20H40N4O9. The molecular weight excluding hydrogens is 440 g/mol. The molecule has 12 N–H and O–H groups in total. The van der Waals surface area contributed by atoms with Crippen LogP contribution in [0.2, 0.25) is 0 Å². The topological polar surface area (TPSA) is 228 Å². The van der Waals surface area contributed by atoms with E-state index in [9.17, 15) is 25.5 Å².